The molecule has 0 radical (unpaired) electrons. The van der Waals surface area contributed by atoms with Crippen LogP contribution in [0.1, 0.15) is 118 Å². The van der Waals surface area contributed by atoms with Crippen LogP contribution in [0.2, 0.25) is 0 Å². The Hall–Kier alpha value is -0.0400. The molecule has 0 aromatic rings. The van der Waals surface area contributed by atoms with Gasteiger partial charge in [-0.15, -0.1) is 0 Å². The summed E-state index contributed by atoms with van der Waals surface area (Å²) >= 11 is 0. The van der Waals surface area contributed by atoms with Crippen molar-refractivity contribution in [3.63, 3.8) is 0 Å². The highest BCUT2D eigenvalue weighted by atomic mass is 16.5. The van der Waals surface area contributed by atoms with Gasteiger partial charge in [0.05, 0.1) is 12.2 Å². The lowest BCUT2D eigenvalue weighted by Gasteiger charge is -2.48. The monoisotopic (exact) mass is 322 g/mol. The molecule has 1 nitrogen and oxygen atoms in total. The zero-order valence-corrected chi connectivity index (χ0v) is 16.5. The molecule has 0 spiro atoms. The molecule has 2 atom stereocenters. The van der Waals surface area contributed by atoms with E-state index in [-0.39, 0.29) is 0 Å². The number of hydrogen-bond acceptors (Lipinski definition) is 1. The van der Waals surface area contributed by atoms with Gasteiger partial charge in [-0.05, 0) is 63.2 Å². The van der Waals surface area contributed by atoms with Gasteiger partial charge in [0.25, 0.3) is 0 Å². The summed E-state index contributed by atoms with van der Waals surface area (Å²) in [7, 11) is 0. The smallest absolute Gasteiger partial charge is 0.0607 e. The van der Waals surface area contributed by atoms with Crippen LogP contribution in [0.15, 0.2) is 0 Å². The molecule has 2 aliphatic carbocycles. The zero-order valence-electron chi connectivity index (χ0n) is 16.5. The van der Waals surface area contributed by atoms with E-state index < -0.39 is 0 Å². The quantitative estimate of drug-likeness (QED) is 0.456. The van der Waals surface area contributed by atoms with E-state index in [4.69, 9.17) is 4.74 Å². The molecule has 0 heterocycles. The minimum atomic E-state index is 0.438. The fourth-order valence-electron chi connectivity index (χ4n) is 5.82. The third-order valence-electron chi connectivity index (χ3n) is 7.33. The van der Waals surface area contributed by atoms with Crippen molar-refractivity contribution in [1.29, 1.82) is 0 Å². The van der Waals surface area contributed by atoms with E-state index in [0.29, 0.717) is 23.0 Å². The number of ether oxygens (including phenoxy) is 1. The summed E-state index contributed by atoms with van der Waals surface area (Å²) in [5.74, 6) is 0. The fraction of sp³-hybridized carbons (Fsp3) is 1.00. The van der Waals surface area contributed by atoms with E-state index in [1.165, 1.54) is 89.9 Å². The first-order valence-corrected chi connectivity index (χ1v) is 10.7. The van der Waals surface area contributed by atoms with E-state index in [1.807, 2.05) is 0 Å². The highest BCUT2D eigenvalue weighted by Crippen LogP contribution is 2.48. The van der Waals surface area contributed by atoms with Crippen LogP contribution in [0, 0.1) is 10.8 Å². The van der Waals surface area contributed by atoms with E-state index in [0.717, 1.165) is 0 Å². The third kappa shape index (κ3) is 4.53. The first-order chi connectivity index (χ1) is 11.1. The summed E-state index contributed by atoms with van der Waals surface area (Å²) in [4.78, 5) is 0. The Labute approximate surface area is 146 Å². The van der Waals surface area contributed by atoms with Gasteiger partial charge in [0.2, 0.25) is 0 Å². The Morgan fingerprint density at radius 2 is 1.00 bits per heavy atom. The topological polar surface area (TPSA) is 9.23 Å². The van der Waals surface area contributed by atoms with E-state index in [2.05, 4.69) is 27.7 Å². The lowest BCUT2D eigenvalue weighted by molar-refractivity contribution is -0.137. The zero-order chi connectivity index (χ0) is 16.8. The van der Waals surface area contributed by atoms with E-state index >= 15 is 0 Å². The lowest BCUT2D eigenvalue weighted by atomic mass is 9.66. The first kappa shape index (κ1) is 19.3. The molecule has 0 N–H and O–H groups in total. The van der Waals surface area contributed by atoms with Crippen molar-refractivity contribution in [2.24, 2.45) is 10.8 Å². The first-order valence-electron chi connectivity index (χ1n) is 10.7. The SMILES string of the molecule is CCCC1(C(C)OC(C)C2(CCC)CCCCC2)CCCCC1. The van der Waals surface area contributed by atoms with Crippen LogP contribution in [0.3, 0.4) is 0 Å². The molecule has 2 fully saturated rings. The van der Waals surface area contributed by atoms with Crippen LogP contribution < -0.4 is 0 Å². The Morgan fingerprint density at radius 1 is 0.652 bits per heavy atom. The molecule has 2 rings (SSSR count). The van der Waals surface area contributed by atoms with Crippen molar-refractivity contribution >= 4 is 0 Å². The third-order valence-corrected chi connectivity index (χ3v) is 7.33. The Kier molecular flexibility index (Phi) is 7.45. The summed E-state index contributed by atoms with van der Waals surface area (Å²) in [5, 5.41) is 0. The van der Waals surface area contributed by atoms with Gasteiger partial charge in [0, 0.05) is 0 Å². The molecule has 23 heavy (non-hydrogen) atoms. The van der Waals surface area contributed by atoms with Crippen LogP contribution >= 0.6 is 0 Å². The normalized spacial score (nSPS) is 26.6. The van der Waals surface area contributed by atoms with Crippen molar-refractivity contribution in [2.45, 2.75) is 130 Å². The largest absolute Gasteiger partial charge is 0.374 e. The Morgan fingerprint density at radius 3 is 1.30 bits per heavy atom. The lowest BCUT2D eigenvalue weighted by Crippen LogP contribution is -2.44. The predicted molar refractivity (Wildman–Crippen MR) is 101 cm³/mol. The maximum atomic E-state index is 6.84. The number of rotatable bonds is 8. The van der Waals surface area contributed by atoms with Gasteiger partial charge >= 0.3 is 0 Å². The minimum absolute atomic E-state index is 0.438. The second-order valence-corrected chi connectivity index (χ2v) is 8.77. The molecular formula is C22H42O. The summed E-state index contributed by atoms with van der Waals surface area (Å²) < 4.78 is 6.84. The van der Waals surface area contributed by atoms with Crippen molar-refractivity contribution < 1.29 is 4.74 Å². The molecule has 2 saturated carbocycles. The van der Waals surface area contributed by atoms with Gasteiger partial charge < -0.3 is 4.74 Å². The van der Waals surface area contributed by atoms with Crippen molar-refractivity contribution in [2.75, 3.05) is 0 Å². The molecule has 0 aromatic carbocycles. The molecule has 1 heteroatoms. The molecule has 136 valence electrons. The molecule has 2 aliphatic rings. The molecule has 0 amide bonds. The van der Waals surface area contributed by atoms with Crippen molar-refractivity contribution in [3.05, 3.63) is 0 Å². The highest BCUT2D eigenvalue weighted by Gasteiger charge is 2.42. The maximum Gasteiger partial charge on any atom is 0.0607 e. The molecule has 0 saturated heterocycles. The van der Waals surface area contributed by atoms with Crippen molar-refractivity contribution in [1.82, 2.24) is 0 Å². The molecular weight excluding hydrogens is 280 g/mol. The van der Waals surface area contributed by atoms with E-state index in [1.54, 1.807) is 0 Å². The maximum absolute atomic E-state index is 6.84. The van der Waals surface area contributed by atoms with E-state index in [9.17, 15) is 0 Å². The summed E-state index contributed by atoms with van der Waals surface area (Å²) in [6, 6.07) is 0. The summed E-state index contributed by atoms with van der Waals surface area (Å²) in [5.41, 5.74) is 0.951. The van der Waals surface area contributed by atoms with Crippen LogP contribution in [-0.2, 0) is 4.74 Å². The number of hydrogen-bond donors (Lipinski definition) is 0. The fourth-order valence-corrected chi connectivity index (χ4v) is 5.82. The average molecular weight is 323 g/mol. The van der Waals surface area contributed by atoms with Crippen LogP contribution in [-0.4, -0.2) is 12.2 Å². The Bertz CT molecular complexity index is 280. The summed E-state index contributed by atoms with van der Waals surface area (Å²) in [6.45, 7) is 9.51. The predicted octanol–water partition coefficient (Wildman–Crippen LogP) is 7.28. The van der Waals surface area contributed by atoms with Crippen LogP contribution in [0.4, 0.5) is 0 Å². The molecule has 0 aliphatic heterocycles. The van der Waals surface area contributed by atoms with Crippen molar-refractivity contribution in [3.8, 4) is 0 Å². The second-order valence-electron chi connectivity index (χ2n) is 8.77. The van der Waals surface area contributed by atoms with Gasteiger partial charge in [-0.25, -0.2) is 0 Å². The van der Waals surface area contributed by atoms with Crippen LogP contribution in [0.5, 0.6) is 0 Å². The van der Waals surface area contributed by atoms with Gasteiger partial charge in [0.15, 0.2) is 0 Å². The highest BCUT2D eigenvalue weighted by molar-refractivity contribution is 4.92. The Balaban J connectivity index is 2.04. The van der Waals surface area contributed by atoms with Crippen LogP contribution in [0.25, 0.3) is 0 Å². The van der Waals surface area contributed by atoms with Gasteiger partial charge in [-0.3, -0.25) is 0 Å². The van der Waals surface area contributed by atoms with Gasteiger partial charge in [-0.2, -0.15) is 0 Å². The summed E-state index contributed by atoms with van der Waals surface area (Å²) in [6.07, 6.45) is 20.4. The average Bonchev–Trinajstić information content (AvgIpc) is 2.57. The van der Waals surface area contributed by atoms with Gasteiger partial charge in [-0.1, -0.05) is 65.2 Å². The molecule has 0 aromatic heterocycles. The minimum Gasteiger partial charge on any atom is -0.374 e. The van der Waals surface area contributed by atoms with Gasteiger partial charge in [0.1, 0.15) is 0 Å². The second kappa shape index (κ2) is 8.88. The standard InChI is InChI=1S/C22H42O/c1-5-13-21(15-9-7-10-16-21)19(3)23-20(4)22(14-6-2)17-11-8-12-18-22/h19-20H,5-18H2,1-4H3. The molecule has 0 bridgehead atoms. The molecule has 2 unspecified atom stereocenters.